The molecule has 244 valence electrons. The van der Waals surface area contributed by atoms with Crippen molar-refractivity contribution >= 4 is 56.3 Å². The van der Waals surface area contributed by atoms with Crippen LogP contribution < -0.4 is 15.8 Å². The van der Waals surface area contributed by atoms with E-state index >= 15 is 0 Å². The Morgan fingerprint density at radius 3 is 2.51 bits per heavy atom. The molecule has 0 aliphatic carbocycles. The largest absolute Gasteiger partial charge is 0.479 e. The van der Waals surface area contributed by atoms with Gasteiger partial charge in [-0.15, -0.1) is 11.3 Å². The summed E-state index contributed by atoms with van der Waals surface area (Å²) in [5.41, 5.74) is 7.27. The number of rotatable bonds is 10. The van der Waals surface area contributed by atoms with Gasteiger partial charge in [0.2, 0.25) is 10.0 Å². The van der Waals surface area contributed by atoms with Gasteiger partial charge in [0.25, 0.3) is 0 Å². The molecule has 1 fully saturated rings. The number of methoxy groups -OCH3 is 1. The molecule has 2 heterocycles. The summed E-state index contributed by atoms with van der Waals surface area (Å²) >= 11 is 7.83. The van der Waals surface area contributed by atoms with E-state index in [0.29, 0.717) is 35.5 Å². The lowest BCUT2D eigenvalue weighted by Crippen LogP contribution is -2.55. The summed E-state index contributed by atoms with van der Waals surface area (Å²) < 4.78 is 44.3. The number of carbonyl (C=O) groups is 2. The van der Waals surface area contributed by atoms with Crippen LogP contribution in [0.5, 0.6) is 5.75 Å². The van der Waals surface area contributed by atoms with Gasteiger partial charge in [0.1, 0.15) is 10.6 Å². The van der Waals surface area contributed by atoms with Crippen molar-refractivity contribution in [3.63, 3.8) is 0 Å². The lowest BCUT2D eigenvalue weighted by atomic mass is 9.89. The van der Waals surface area contributed by atoms with E-state index in [1.807, 2.05) is 38.1 Å². The van der Waals surface area contributed by atoms with Gasteiger partial charge in [-0.05, 0) is 82.9 Å². The van der Waals surface area contributed by atoms with Gasteiger partial charge in [-0.1, -0.05) is 35.9 Å². The Balaban J connectivity index is 1.50. The van der Waals surface area contributed by atoms with Gasteiger partial charge in [0.15, 0.2) is 17.2 Å². The second-order valence-corrected chi connectivity index (χ2v) is 15.9. The van der Waals surface area contributed by atoms with Crippen LogP contribution in [-0.4, -0.2) is 62.1 Å². The quantitative estimate of drug-likeness (QED) is 0.186. The summed E-state index contributed by atoms with van der Waals surface area (Å²) in [7, 11) is -2.32. The van der Waals surface area contributed by atoms with Gasteiger partial charge in [0.05, 0.1) is 17.7 Å². The molecular formula is C32H40ClN3O7S2. The first-order valence-corrected chi connectivity index (χ1v) is 17.3. The van der Waals surface area contributed by atoms with Crippen LogP contribution >= 0.6 is 22.9 Å². The molecule has 0 spiro atoms. The van der Waals surface area contributed by atoms with E-state index in [0.717, 1.165) is 22.6 Å². The number of benzene rings is 2. The lowest BCUT2D eigenvalue weighted by molar-refractivity contribution is -0.157. The van der Waals surface area contributed by atoms with E-state index in [1.54, 1.807) is 49.3 Å². The number of anilines is 2. The molecule has 0 saturated carbocycles. The molecule has 45 heavy (non-hydrogen) atoms. The maximum Gasteiger partial charge on any atom is 0.351 e. The molecule has 1 atom stereocenters. The summed E-state index contributed by atoms with van der Waals surface area (Å²) in [6.45, 7) is 9.05. The minimum absolute atomic E-state index is 0.00577. The van der Waals surface area contributed by atoms with Gasteiger partial charge >= 0.3 is 11.9 Å². The molecule has 0 bridgehead atoms. The highest BCUT2D eigenvalue weighted by Gasteiger charge is 2.41. The lowest BCUT2D eigenvalue weighted by Gasteiger charge is -2.45. The summed E-state index contributed by atoms with van der Waals surface area (Å²) in [5, 5.41) is 3.73. The van der Waals surface area contributed by atoms with E-state index in [4.69, 9.17) is 31.5 Å². The van der Waals surface area contributed by atoms with E-state index < -0.39 is 39.7 Å². The molecule has 1 saturated heterocycles. The Morgan fingerprint density at radius 2 is 1.87 bits per heavy atom. The number of nitrogens with two attached hydrogens (primary N) is 1. The maximum absolute atomic E-state index is 13.4. The fraction of sp³-hybridized carbons (Fsp3) is 0.438. The summed E-state index contributed by atoms with van der Waals surface area (Å²) in [6, 6.07) is 14.5. The summed E-state index contributed by atoms with van der Waals surface area (Å²) in [6.07, 6.45) is 1.20. The third kappa shape index (κ3) is 8.69. The van der Waals surface area contributed by atoms with Crippen molar-refractivity contribution in [1.29, 1.82) is 0 Å². The van der Waals surface area contributed by atoms with Crippen molar-refractivity contribution in [2.75, 3.05) is 31.3 Å². The second kappa shape index (κ2) is 13.6. The van der Waals surface area contributed by atoms with Crippen molar-refractivity contribution in [2.45, 2.75) is 70.4 Å². The van der Waals surface area contributed by atoms with Gasteiger partial charge in [-0.25, -0.2) is 18.0 Å². The number of hydrogen-bond donors (Lipinski definition) is 2. The summed E-state index contributed by atoms with van der Waals surface area (Å²) in [4.78, 5) is 25.6. The molecular weight excluding hydrogens is 638 g/mol. The zero-order chi connectivity index (χ0) is 33.2. The van der Waals surface area contributed by atoms with Crippen LogP contribution in [0.25, 0.3) is 10.4 Å². The van der Waals surface area contributed by atoms with Gasteiger partial charge < -0.3 is 25.3 Å². The number of nitrogen functional groups attached to an aromatic ring is 1. The Morgan fingerprint density at radius 1 is 1.16 bits per heavy atom. The second-order valence-electron chi connectivity index (χ2n) is 12.6. The van der Waals surface area contributed by atoms with E-state index in [2.05, 4.69) is 5.32 Å². The van der Waals surface area contributed by atoms with Crippen LogP contribution in [0, 0.1) is 0 Å². The zero-order valence-corrected chi connectivity index (χ0v) is 28.7. The van der Waals surface area contributed by atoms with Gasteiger partial charge in [0, 0.05) is 29.5 Å². The highest BCUT2D eigenvalue weighted by Crippen LogP contribution is 2.46. The first-order chi connectivity index (χ1) is 21.0. The summed E-state index contributed by atoms with van der Waals surface area (Å²) in [5.74, 6) is -1.29. The van der Waals surface area contributed by atoms with Gasteiger partial charge in [-0.2, -0.15) is 4.31 Å². The first kappa shape index (κ1) is 34.6. The molecule has 1 unspecified atom stereocenters. The fourth-order valence-corrected chi connectivity index (χ4v) is 8.87. The Kier molecular flexibility index (Phi) is 10.4. The van der Waals surface area contributed by atoms with E-state index in [9.17, 15) is 18.0 Å². The predicted octanol–water partition coefficient (Wildman–Crippen LogP) is 6.34. The standard InChI is InChI=1S/C32H40ClN3O7S2/c1-31(2,3)43-25(37)18-42-27-26(33)28(44-29(27)30(38)41-6)21-10-8-12-23(16-21)35-24-13-14-36(32(4,5)17-24)45(39,40)19-20-9-7-11-22(34)15-20/h7-12,15-16,24,35H,13-14,17-19,34H2,1-6H3. The SMILES string of the molecule is COC(=O)c1sc(-c2cccc(NC3CCN(S(=O)(=O)Cc4cccc(N)c4)C(C)(C)C3)c2)c(Cl)c1OCC(=O)OC(C)(C)C. The normalized spacial score (nSPS) is 17.0. The van der Waals surface area contributed by atoms with Crippen molar-refractivity contribution in [2.24, 2.45) is 0 Å². The minimum atomic E-state index is -3.58. The fourth-order valence-electron chi connectivity index (χ4n) is 5.42. The van der Waals surface area contributed by atoms with Crippen LogP contribution in [0.3, 0.4) is 0 Å². The molecule has 0 radical (unpaired) electrons. The molecule has 1 aliphatic rings. The molecule has 3 N–H and O–H groups in total. The van der Waals surface area contributed by atoms with Crippen molar-refractivity contribution < 1.29 is 32.2 Å². The Labute approximate surface area is 273 Å². The molecule has 0 amide bonds. The number of ether oxygens (including phenoxy) is 3. The smallest absolute Gasteiger partial charge is 0.351 e. The molecule has 1 aromatic heterocycles. The molecule has 3 aromatic rings. The van der Waals surface area contributed by atoms with Crippen LogP contribution in [0.15, 0.2) is 48.5 Å². The van der Waals surface area contributed by atoms with E-state index in [1.165, 1.54) is 7.11 Å². The monoisotopic (exact) mass is 677 g/mol. The van der Waals surface area contributed by atoms with Crippen molar-refractivity contribution in [1.82, 2.24) is 4.31 Å². The molecule has 1 aliphatic heterocycles. The van der Waals surface area contributed by atoms with Crippen LogP contribution in [0.4, 0.5) is 11.4 Å². The number of carbonyl (C=O) groups excluding carboxylic acids is 2. The average Bonchev–Trinajstić information content (AvgIpc) is 3.25. The third-order valence-corrected chi connectivity index (χ3v) is 10.9. The molecule has 13 heteroatoms. The molecule has 10 nitrogen and oxygen atoms in total. The number of halogens is 1. The Hall–Kier alpha value is -3.32. The van der Waals surface area contributed by atoms with Crippen molar-refractivity contribution in [3.8, 4) is 16.2 Å². The van der Waals surface area contributed by atoms with Crippen LogP contribution in [0.2, 0.25) is 5.02 Å². The number of hydrogen-bond acceptors (Lipinski definition) is 10. The molecule has 4 rings (SSSR count). The topological polar surface area (TPSA) is 137 Å². The number of thiophene rings is 1. The first-order valence-electron chi connectivity index (χ1n) is 14.5. The minimum Gasteiger partial charge on any atom is -0.479 e. The van der Waals surface area contributed by atoms with Crippen molar-refractivity contribution in [3.05, 3.63) is 64.0 Å². The average molecular weight is 678 g/mol. The highest BCUT2D eigenvalue weighted by atomic mass is 35.5. The number of piperidine rings is 1. The number of nitrogens with one attached hydrogen (secondary N) is 1. The number of esters is 2. The zero-order valence-electron chi connectivity index (χ0n) is 26.3. The maximum atomic E-state index is 13.4. The Bertz CT molecular complexity index is 1670. The highest BCUT2D eigenvalue weighted by molar-refractivity contribution is 7.88. The van der Waals surface area contributed by atoms with Crippen LogP contribution in [0.1, 0.15) is 62.7 Å². The van der Waals surface area contributed by atoms with Crippen LogP contribution in [-0.2, 0) is 30.0 Å². The molecule has 2 aromatic carbocycles. The predicted molar refractivity (Wildman–Crippen MR) is 178 cm³/mol. The number of sulfonamides is 1. The van der Waals surface area contributed by atoms with Gasteiger partial charge in [-0.3, -0.25) is 0 Å². The third-order valence-electron chi connectivity index (χ3n) is 7.17. The number of nitrogens with zero attached hydrogens (tertiary/aromatic N) is 1. The van der Waals surface area contributed by atoms with E-state index in [-0.39, 0.29) is 27.4 Å².